The Hall–Kier alpha value is -2.69. The number of methoxy groups -OCH3 is 3. The molecule has 5 nitrogen and oxygen atoms in total. The zero-order chi connectivity index (χ0) is 15.9. The maximum absolute atomic E-state index is 10.8. The Bertz CT molecular complexity index is 651. The van der Waals surface area contributed by atoms with Crippen molar-refractivity contribution in [2.45, 2.75) is 6.61 Å². The van der Waals surface area contributed by atoms with Crippen LogP contribution in [-0.2, 0) is 6.61 Å². The second-order valence-electron chi connectivity index (χ2n) is 4.49. The van der Waals surface area contributed by atoms with Crippen LogP contribution in [0.4, 0.5) is 0 Å². The molecule has 0 spiro atoms. The van der Waals surface area contributed by atoms with E-state index in [1.54, 1.807) is 32.4 Å². The van der Waals surface area contributed by atoms with E-state index in [0.29, 0.717) is 22.8 Å². The van der Waals surface area contributed by atoms with Crippen LogP contribution < -0.4 is 18.9 Å². The minimum Gasteiger partial charge on any atom is -0.497 e. The summed E-state index contributed by atoms with van der Waals surface area (Å²) in [5.41, 5.74) is 1.38. The lowest BCUT2D eigenvalue weighted by atomic mass is 10.2. The normalized spacial score (nSPS) is 9.95. The van der Waals surface area contributed by atoms with Gasteiger partial charge >= 0.3 is 0 Å². The first-order chi connectivity index (χ1) is 10.7. The summed E-state index contributed by atoms with van der Waals surface area (Å²) < 4.78 is 21.5. The molecule has 0 N–H and O–H groups in total. The first kappa shape index (κ1) is 15.7. The molecule has 0 saturated carbocycles. The van der Waals surface area contributed by atoms with E-state index in [2.05, 4.69) is 0 Å². The van der Waals surface area contributed by atoms with E-state index in [4.69, 9.17) is 18.9 Å². The molecule has 0 aliphatic carbocycles. The topological polar surface area (TPSA) is 54.0 Å². The fourth-order valence-corrected chi connectivity index (χ4v) is 2.03. The average Bonchev–Trinajstić information content (AvgIpc) is 2.59. The van der Waals surface area contributed by atoms with Crippen molar-refractivity contribution in [1.29, 1.82) is 0 Å². The molecule has 0 heterocycles. The van der Waals surface area contributed by atoms with Crippen LogP contribution in [0.5, 0.6) is 23.0 Å². The Morgan fingerprint density at radius 2 is 1.59 bits per heavy atom. The molecule has 2 aromatic rings. The number of aldehydes is 1. The number of hydrogen-bond donors (Lipinski definition) is 0. The van der Waals surface area contributed by atoms with E-state index >= 15 is 0 Å². The predicted octanol–water partition coefficient (Wildman–Crippen LogP) is 3.10. The van der Waals surface area contributed by atoms with E-state index in [1.807, 2.05) is 18.2 Å². The molecule has 0 fully saturated rings. The second kappa shape index (κ2) is 7.36. The van der Waals surface area contributed by atoms with E-state index < -0.39 is 0 Å². The minimum atomic E-state index is 0.289. The van der Waals surface area contributed by atoms with Crippen LogP contribution in [-0.4, -0.2) is 27.6 Å². The number of ether oxygens (including phenoxy) is 4. The van der Waals surface area contributed by atoms with Gasteiger partial charge in [0.2, 0.25) is 0 Å². The van der Waals surface area contributed by atoms with Crippen LogP contribution in [0.15, 0.2) is 36.4 Å². The molecule has 22 heavy (non-hydrogen) atoms. The summed E-state index contributed by atoms with van der Waals surface area (Å²) >= 11 is 0. The maximum Gasteiger partial charge on any atom is 0.161 e. The third-order valence-corrected chi connectivity index (χ3v) is 3.19. The van der Waals surface area contributed by atoms with Crippen molar-refractivity contribution < 1.29 is 23.7 Å². The molecule has 0 aromatic heterocycles. The van der Waals surface area contributed by atoms with Gasteiger partial charge < -0.3 is 18.9 Å². The molecule has 0 amide bonds. The molecule has 5 heteroatoms. The monoisotopic (exact) mass is 302 g/mol. The Morgan fingerprint density at radius 1 is 0.864 bits per heavy atom. The Labute approximate surface area is 129 Å². The van der Waals surface area contributed by atoms with Gasteiger partial charge in [0.25, 0.3) is 0 Å². The molecule has 0 bridgehead atoms. The summed E-state index contributed by atoms with van der Waals surface area (Å²) in [4.78, 5) is 10.8. The van der Waals surface area contributed by atoms with Crippen molar-refractivity contribution in [3.8, 4) is 23.0 Å². The van der Waals surface area contributed by atoms with Gasteiger partial charge in [0.15, 0.2) is 11.5 Å². The number of benzene rings is 2. The van der Waals surface area contributed by atoms with Crippen LogP contribution in [0.3, 0.4) is 0 Å². The lowest BCUT2D eigenvalue weighted by Crippen LogP contribution is -2.01. The third-order valence-electron chi connectivity index (χ3n) is 3.19. The first-order valence-electron chi connectivity index (χ1n) is 6.68. The summed E-state index contributed by atoms with van der Waals surface area (Å²) in [6, 6.07) is 10.5. The zero-order valence-electron chi connectivity index (χ0n) is 12.8. The quantitative estimate of drug-likeness (QED) is 0.736. The fourth-order valence-electron chi connectivity index (χ4n) is 2.03. The van der Waals surface area contributed by atoms with Gasteiger partial charge in [0.05, 0.1) is 21.3 Å². The molecule has 2 rings (SSSR count). The van der Waals surface area contributed by atoms with Gasteiger partial charge in [-0.2, -0.15) is 0 Å². The van der Waals surface area contributed by atoms with Crippen molar-refractivity contribution >= 4 is 6.29 Å². The molecule has 2 aromatic carbocycles. The molecule has 0 unspecified atom stereocenters. The second-order valence-corrected chi connectivity index (χ2v) is 4.49. The highest BCUT2D eigenvalue weighted by Crippen LogP contribution is 2.30. The molecule has 0 saturated heterocycles. The molecule has 116 valence electrons. The summed E-state index contributed by atoms with van der Waals surface area (Å²) in [6.07, 6.45) is 0.761. The van der Waals surface area contributed by atoms with Gasteiger partial charge in [-0.05, 0) is 36.4 Å². The molecule has 0 aliphatic heterocycles. The van der Waals surface area contributed by atoms with Crippen molar-refractivity contribution in [2.24, 2.45) is 0 Å². The smallest absolute Gasteiger partial charge is 0.161 e. The summed E-state index contributed by atoms with van der Waals surface area (Å²) in [5.74, 6) is 2.50. The molecule has 0 atom stereocenters. The SMILES string of the molecule is COc1ccc(OC)c(COc2ccc(C=O)cc2OC)c1. The average molecular weight is 302 g/mol. The summed E-state index contributed by atoms with van der Waals surface area (Å²) in [7, 11) is 4.74. The summed E-state index contributed by atoms with van der Waals surface area (Å²) in [5, 5.41) is 0. The largest absolute Gasteiger partial charge is 0.497 e. The van der Waals surface area contributed by atoms with Gasteiger partial charge in [-0.25, -0.2) is 0 Å². The zero-order valence-corrected chi connectivity index (χ0v) is 12.8. The van der Waals surface area contributed by atoms with Gasteiger partial charge in [0, 0.05) is 11.1 Å². The maximum atomic E-state index is 10.8. The third kappa shape index (κ3) is 3.49. The predicted molar refractivity (Wildman–Crippen MR) is 82.3 cm³/mol. The van der Waals surface area contributed by atoms with Crippen molar-refractivity contribution in [3.05, 3.63) is 47.5 Å². The van der Waals surface area contributed by atoms with E-state index in [0.717, 1.165) is 17.6 Å². The van der Waals surface area contributed by atoms with Crippen molar-refractivity contribution in [3.63, 3.8) is 0 Å². The van der Waals surface area contributed by atoms with Gasteiger partial charge in [-0.3, -0.25) is 4.79 Å². The van der Waals surface area contributed by atoms with Crippen LogP contribution in [0, 0.1) is 0 Å². The standard InChI is InChI=1S/C17H18O5/c1-19-14-5-7-15(20-2)13(9-14)11-22-16-6-4-12(10-18)8-17(16)21-3/h4-10H,11H2,1-3H3. The highest BCUT2D eigenvalue weighted by molar-refractivity contribution is 5.76. The van der Waals surface area contributed by atoms with Crippen LogP contribution in [0.1, 0.15) is 15.9 Å². The van der Waals surface area contributed by atoms with Gasteiger partial charge in [-0.1, -0.05) is 0 Å². The summed E-state index contributed by atoms with van der Waals surface area (Å²) in [6.45, 7) is 0.289. The van der Waals surface area contributed by atoms with Crippen molar-refractivity contribution in [1.82, 2.24) is 0 Å². The molecular formula is C17H18O5. The lowest BCUT2D eigenvalue weighted by molar-refractivity contribution is 0.112. The van der Waals surface area contributed by atoms with Crippen LogP contribution in [0.25, 0.3) is 0 Å². The minimum absolute atomic E-state index is 0.289. The van der Waals surface area contributed by atoms with Gasteiger partial charge in [0.1, 0.15) is 24.4 Å². The van der Waals surface area contributed by atoms with Crippen molar-refractivity contribution in [2.75, 3.05) is 21.3 Å². The highest BCUT2D eigenvalue weighted by atomic mass is 16.5. The number of hydrogen-bond acceptors (Lipinski definition) is 5. The van der Waals surface area contributed by atoms with E-state index in [9.17, 15) is 4.79 Å². The molecular weight excluding hydrogens is 284 g/mol. The Kier molecular flexibility index (Phi) is 5.25. The molecule has 0 aliphatic rings. The van der Waals surface area contributed by atoms with E-state index in [1.165, 1.54) is 7.11 Å². The Morgan fingerprint density at radius 3 is 2.23 bits per heavy atom. The lowest BCUT2D eigenvalue weighted by Gasteiger charge is -2.14. The first-order valence-corrected chi connectivity index (χ1v) is 6.68. The van der Waals surface area contributed by atoms with E-state index in [-0.39, 0.29) is 6.61 Å². The highest BCUT2D eigenvalue weighted by Gasteiger charge is 2.09. The number of carbonyl (C=O) groups is 1. The fraction of sp³-hybridized carbons (Fsp3) is 0.235. The van der Waals surface area contributed by atoms with Crippen LogP contribution >= 0.6 is 0 Å². The van der Waals surface area contributed by atoms with Gasteiger partial charge in [-0.15, -0.1) is 0 Å². The number of rotatable bonds is 7. The Balaban J connectivity index is 2.21. The number of carbonyl (C=O) groups excluding carboxylic acids is 1. The van der Waals surface area contributed by atoms with Crippen LogP contribution in [0.2, 0.25) is 0 Å². The molecule has 0 radical (unpaired) electrons.